The van der Waals surface area contributed by atoms with Crippen LogP contribution in [0.3, 0.4) is 0 Å². The topological polar surface area (TPSA) is 58.6 Å². The van der Waals surface area contributed by atoms with Crippen LogP contribution in [0.4, 0.5) is 18.9 Å². The van der Waals surface area contributed by atoms with Crippen molar-refractivity contribution in [1.82, 2.24) is 4.90 Å². The Hall–Kier alpha value is -2.09. The second kappa shape index (κ2) is 8.14. The number of carbonyl (C=O) groups is 2. The molecule has 24 heavy (non-hydrogen) atoms. The second-order valence-corrected chi connectivity index (χ2v) is 5.60. The molecule has 0 unspecified atom stereocenters. The third-order valence-electron chi connectivity index (χ3n) is 3.85. The highest BCUT2D eigenvalue weighted by Crippen LogP contribution is 2.21. The van der Waals surface area contributed by atoms with Crippen LogP contribution in [0.5, 0.6) is 0 Å². The van der Waals surface area contributed by atoms with Crippen molar-refractivity contribution in [1.29, 1.82) is 0 Å². The monoisotopic (exact) mass is 344 g/mol. The van der Waals surface area contributed by atoms with Crippen molar-refractivity contribution >= 4 is 17.6 Å². The minimum absolute atomic E-state index is 0.0637. The van der Waals surface area contributed by atoms with E-state index in [1.165, 1.54) is 0 Å². The predicted octanol–water partition coefficient (Wildman–Crippen LogP) is 2.32. The van der Waals surface area contributed by atoms with Crippen molar-refractivity contribution in [3.05, 3.63) is 29.6 Å². The molecule has 0 aliphatic carbocycles. The van der Waals surface area contributed by atoms with Gasteiger partial charge in [0.05, 0.1) is 19.1 Å². The first-order valence-corrected chi connectivity index (χ1v) is 7.74. The van der Waals surface area contributed by atoms with Crippen LogP contribution in [-0.2, 0) is 14.3 Å². The van der Waals surface area contributed by atoms with Crippen molar-refractivity contribution in [2.75, 3.05) is 31.6 Å². The smallest absolute Gasteiger partial charge is 0.309 e. The number of ether oxygens (including phenoxy) is 1. The maximum absolute atomic E-state index is 13.5. The molecule has 0 spiro atoms. The number of likely N-dealkylation sites (tertiary alicyclic amines) is 1. The van der Waals surface area contributed by atoms with E-state index in [0.717, 1.165) is 0 Å². The SMILES string of the molecule is CCOC(=O)C1CCN(CC(=O)Nc2c(F)cc(F)cc2F)CC1. The largest absolute Gasteiger partial charge is 0.466 e. The van der Waals surface area contributed by atoms with Crippen molar-refractivity contribution in [3.8, 4) is 0 Å². The predicted molar refractivity (Wildman–Crippen MR) is 80.7 cm³/mol. The number of rotatable bonds is 5. The number of carbonyl (C=O) groups excluding carboxylic acids is 2. The number of hydrogen-bond donors (Lipinski definition) is 1. The molecular weight excluding hydrogens is 325 g/mol. The van der Waals surface area contributed by atoms with Crippen LogP contribution >= 0.6 is 0 Å². The first-order valence-electron chi connectivity index (χ1n) is 7.74. The van der Waals surface area contributed by atoms with Gasteiger partial charge < -0.3 is 10.1 Å². The molecule has 1 aliphatic heterocycles. The molecular formula is C16H19F3N2O3. The zero-order chi connectivity index (χ0) is 17.7. The summed E-state index contributed by atoms with van der Waals surface area (Å²) in [6.45, 7) is 3.02. The molecule has 0 radical (unpaired) electrons. The molecule has 132 valence electrons. The zero-order valence-electron chi connectivity index (χ0n) is 13.3. The summed E-state index contributed by atoms with van der Waals surface area (Å²) in [5.41, 5.74) is -0.664. The molecule has 1 N–H and O–H groups in total. The lowest BCUT2D eigenvalue weighted by Crippen LogP contribution is -2.41. The summed E-state index contributed by atoms with van der Waals surface area (Å²) in [6, 6.07) is 1.01. The molecule has 2 rings (SSSR count). The Morgan fingerprint density at radius 1 is 1.21 bits per heavy atom. The van der Waals surface area contributed by atoms with E-state index in [4.69, 9.17) is 4.74 Å². The Bertz CT molecular complexity index is 594. The van der Waals surface area contributed by atoms with Gasteiger partial charge in [-0.25, -0.2) is 13.2 Å². The molecule has 0 saturated carbocycles. The minimum Gasteiger partial charge on any atom is -0.466 e. The number of esters is 1. The molecule has 0 bridgehead atoms. The lowest BCUT2D eigenvalue weighted by atomic mass is 9.97. The highest BCUT2D eigenvalue weighted by atomic mass is 19.1. The van der Waals surface area contributed by atoms with E-state index in [1.807, 2.05) is 0 Å². The van der Waals surface area contributed by atoms with Crippen molar-refractivity contribution in [2.45, 2.75) is 19.8 Å². The van der Waals surface area contributed by atoms with Crippen LogP contribution < -0.4 is 5.32 Å². The Labute approximate surface area is 137 Å². The van der Waals surface area contributed by atoms with E-state index in [-0.39, 0.29) is 18.4 Å². The van der Waals surface area contributed by atoms with E-state index in [9.17, 15) is 22.8 Å². The molecule has 0 aromatic heterocycles. The van der Waals surface area contributed by atoms with Gasteiger partial charge in [-0.05, 0) is 32.9 Å². The fraction of sp³-hybridized carbons (Fsp3) is 0.500. The van der Waals surface area contributed by atoms with Gasteiger partial charge in [0.15, 0.2) is 11.6 Å². The van der Waals surface area contributed by atoms with Crippen LogP contribution in [0.1, 0.15) is 19.8 Å². The number of anilines is 1. The molecule has 1 saturated heterocycles. The van der Waals surface area contributed by atoms with Gasteiger partial charge in [-0.2, -0.15) is 0 Å². The Morgan fingerprint density at radius 3 is 2.33 bits per heavy atom. The van der Waals surface area contributed by atoms with Crippen molar-refractivity contribution < 1.29 is 27.5 Å². The van der Waals surface area contributed by atoms with Crippen LogP contribution in [0.2, 0.25) is 0 Å². The summed E-state index contributed by atoms with van der Waals surface area (Å²) < 4.78 is 44.8. The number of hydrogen-bond acceptors (Lipinski definition) is 4. The average molecular weight is 344 g/mol. The van der Waals surface area contributed by atoms with Crippen LogP contribution in [-0.4, -0.2) is 43.0 Å². The third kappa shape index (κ3) is 4.70. The summed E-state index contributed by atoms with van der Waals surface area (Å²) in [6.07, 6.45) is 1.12. The number of piperidine rings is 1. The normalized spacial score (nSPS) is 16.0. The lowest BCUT2D eigenvalue weighted by Gasteiger charge is -2.30. The zero-order valence-corrected chi connectivity index (χ0v) is 13.3. The molecule has 1 aliphatic rings. The Balaban J connectivity index is 1.85. The van der Waals surface area contributed by atoms with Gasteiger partial charge in [0, 0.05) is 12.1 Å². The van der Waals surface area contributed by atoms with E-state index in [1.54, 1.807) is 11.8 Å². The molecule has 1 fully saturated rings. The van der Waals surface area contributed by atoms with E-state index >= 15 is 0 Å². The first kappa shape index (κ1) is 18.3. The highest BCUT2D eigenvalue weighted by molar-refractivity contribution is 5.92. The quantitative estimate of drug-likeness (QED) is 0.833. The molecule has 5 nitrogen and oxygen atoms in total. The Morgan fingerprint density at radius 2 is 1.79 bits per heavy atom. The van der Waals surface area contributed by atoms with Crippen LogP contribution in [0.15, 0.2) is 12.1 Å². The molecule has 1 heterocycles. The Kier molecular flexibility index (Phi) is 6.19. The van der Waals surface area contributed by atoms with Gasteiger partial charge >= 0.3 is 5.97 Å². The van der Waals surface area contributed by atoms with Crippen LogP contribution in [0.25, 0.3) is 0 Å². The molecule has 0 atom stereocenters. The fourth-order valence-electron chi connectivity index (χ4n) is 2.63. The van der Waals surface area contributed by atoms with Gasteiger partial charge in [-0.1, -0.05) is 0 Å². The van der Waals surface area contributed by atoms with Gasteiger partial charge in [0.1, 0.15) is 11.5 Å². The maximum Gasteiger partial charge on any atom is 0.309 e. The van der Waals surface area contributed by atoms with E-state index in [0.29, 0.717) is 44.7 Å². The summed E-state index contributed by atoms with van der Waals surface area (Å²) in [7, 11) is 0. The van der Waals surface area contributed by atoms with Gasteiger partial charge in [-0.15, -0.1) is 0 Å². The molecule has 1 aromatic carbocycles. The van der Waals surface area contributed by atoms with Gasteiger partial charge in [-0.3, -0.25) is 14.5 Å². The van der Waals surface area contributed by atoms with Gasteiger partial charge in [0.25, 0.3) is 0 Å². The lowest BCUT2D eigenvalue weighted by molar-refractivity contribution is -0.149. The number of benzene rings is 1. The molecule has 8 heteroatoms. The fourth-order valence-corrected chi connectivity index (χ4v) is 2.63. The van der Waals surface area contributed by atoms with Crippen LogP contribution in [0, 0.1) is 23.4 Å². The summed E-state index contributed by atoms with van der Waals surface area (Å²) in [4.78, 5) is 25.3. The number of halogens is 3. The molecule has 1 amide bonds. The summed E-state index contributed by atoms with van der Waals surface area (Å²) in [5.74, 6) is -4.41. The average Bonchev–Trinajstić information content (AvgIpc) is 2.52. The van der Waals surface area contributed by atoms with E-state index < -0.39 is 29.0 Å². The third-order valence-corrected chi connectivity index (χ3v) is 3.85. The van der Waals surface area contributed by atoms with Crippen molar-refractivity contribution in [2.24, 2.45) is 5.92 Å². The number of nitrogens with one attached hydrogen (secondary N) is 1. The van der Waals surface area contributed by atoms with E-state index in [2.05, 4.69) is 5.32 Å². The summed E-state index contributed by atoms with van der Waals surface area (Å²) in [5, 5.41) is 2.12. The molecule has 1 aromatic rings. The second-order valence-electron chi connectivity index (χ2n) is 5.60. The maximum atomic E-state index is 13.5. The first-order chi connectivity index (χ1) is 11.4. The number of nitrogens with zero attached hydrogens (tertiary/aromatic N) is 1. The summed E-state index contributed by atoms with van der Waals surface area (Å²) >= 11 is 0. The highest BCUT2D eigenvalue weighted by Gasteiger charge is 2.27. The number of amides is 1. The van der Waals surface area contributed by atoms with Crippen molar-refractivity contribution in [3.63, 3.8) is 0 Å². The standard InChI is InChI=1S/C16H19F3N2O3/c1-2-24-16(23)10-3-5-21(6-4-10)9-14(22)20-15-12(18)7-11(17)8-13(15)19/h7-8,10H,2-6,9H2,1H3,(H,20,22). The minimum atomic E-state index is -1.16. The van der Waals surface area contributed by atoms with Gasteiger partial charge in [0.2, 0.25) is 5.91 Å².